The summed E-state index contributed by atoms with van der Waals surface area (Å²) in [5.41, 5.74) is 3.52. The van der Waals surface area contributed by atoms with Crippen LogP contribution >= 0.6 is 11.3 Å². The molecule has 0 fully saturated rings. The summed E-state index contributed by atoms with van der Waals surface area (Å²) in [4.78, 5) is 20.5. The molecule has 0 bridgehead atoms. The number of hydrogen-bond acceptors (Lipinski definition) is 6. The number of halogens is 2. The molecule has 0 aliphatic rings. The van der Waals surface area contributed by atoms with E-state index in [4.69, 9.17) is 5.26 Å². The first kappa shape index (κ1) is 20.3. The highest BCUT2D eigenvalue weighted by molar-refractivity contribution is 7.11. The molecule has 0 aliphatic heterocycles. The molecule has 4 aromatic rings. The van der Waals surface area contributed by atoms with E-state index in [9.17, 15) is 13.6 Å². The van der Waals surface area contributed by atoms with Crippen LogP contribution in [0.5, 0.6) is 0 Å². The van der Waals surface area contributed by atoms with Crippen molar-refractivity contribution in [2.45, 2.75) is 13.5 Å². The van der Waals surface area contributed by atoms with Crippen LogP contribution in [0.15, 0.2) is 48.2 Å². The number of nitrogens with one attached hydrogen (secondary N) is 1. The summed E-state index contributed by atoms with van der Waals surface area (Å²) in [5.74, 6) is -1.54. The highest BCUT2D eigenvalue weighted by atomic mass is 32.1. The number of aryl methyl sites for hydroxylation is 1. The molecule has 0 spiro atoms. The molecule has 0 unspecified atom stereocenters. The fourth-order valence-electron chi connectivity index (χ4n) is 2.88. The molecule has 154 valence electrons. The van der Waals surface area contributed by atoms with E-state index in [1.54, 1.807) is 42.9 Å². The van der Waals surface area contributed by atoms with E-state index >= 15 is 0 Å². The van der Waals surface area contributed by atoms with Gasteiger partial charge in [-0.05, 0) is 31.2 Å². The Morgan fingerprint density at radius 1 is 1.23 bits per heavy atom. The summed E-state index contributed by atoms with van der Waals surface area (Å²) >= 11 is 1.23. The lowest BCUT2D eigenvalue weighted by Gasteiger charge is -2.08. The third kappa shape index (κ3) is 4.17. The van der Waals surface area contributed by atoms with Gasteiger partial charge in [0.15, 0.2) is 11.5 Å². The number of pyridine rings is 1. The van der Waals surface area contributed by atoms with Gasteiger partial charge < -0.3 is 5.32 Å². The van der Waals surface area contributed by atoms with Crippen molar-refractivity contribution in [1.82, 2.24) is 25.1 Å². The van der Waals surface area contributed by atoms with Crippen molar-refractivity contribution in [3.63, 3.8) is 0 Å². The number of benzene rings is 1. The van der Waals surface area contributed by atoms with Crippen LogP contribution in [-0.4, -0.2) is 25.7 Å². The van der Waals surface area contributed by atoms with Crippen molar-refractivity contribution in [3.05, 3.63) is 81.7 Å². The normalized spacial score (nSPS) is 10.6. The summed E-state index contributed by atoms with van der Waals surface area (Å²) < 4.78 is 29.8. The fraction of sp³-hybridized carbons (Fsp3) is 0.0952. The van der Waals surface area contributed by atoms with Gasteiger partial charge >= 0.3 is 0 Å². The lowest BCUT2D eigenvalue weighted by atomic mass is 10.2. The first-order valence-corrected chi connectivity index (χ1v) is 9.93. The van der Waals surface area contributed by atoms with E-state index in [0.717, 1.165) is 0 Å². The molecule has 0 radical (unpaired) electrons. The van der Waals surface area contributed by atoms with Crippen LogP contribution < -0.4 is 5.32 Å². The van der Waals surface area contributed by atoms with Gasteiger partial charge in [0.25, 0.3) is 5.91 Å². The Balaban J connectivity index is 1.50. The number of thiazole rings is 1. The molecule has 4 rings (SSSR count). The molecule has 0 aliphatic carbocycles. The Hall–Kier alpha value is -3.97. The smallest absolute Gasteiger partial charge is 0.263 e. The molecule has 0 saturated carbocycles. The Labute approximate surface area is 179 Å². The minimum atomic E-state index is -0.736. The summed E-state index contributed by atoms with van der Waals surface area (Å²) in [7, 11) is 0. The van der Waals surface area contributed by atoms with Crippen molar-refractivity contribution in [1.29, 1.82) is 5.26 Å². The second-order valence-corrected chi connectivity index (χ2v) is 7.39. The number of amides is 1. The lowest BCUT2D eigenvalue weighted by molar-refractivity contribution is 0.0954. The number of nitriles is 1. The van der Waals surface area contributed by atoms with Crippen LogP contribution in [0.3, 0.4) is 0 Å². The average Bonchev–Trinajstić information content (AvgIpc) is 3.42. The molecule has 1 amide bonds. The number of carbonyl (C=O) groups excluding carboxylic acids is 1. The van der Waals surface area contributed by atoms with Crippen molar-refractivity contribution >= 4 is 17.2 Å². The molecular weight excluding hydrogens is 422 g/mol. The van der Waals surface area contributed by atoms with Crippen LogP contribution in [0.4, 0.5) is 8.78 Å². The van der Waals surface area contributed by atoms with Crippen LogP contribution in [-0.2, 0) is 6.54 Å². The minimum Gasteiger partial charge on any atom is -0.347 e. The Bertz CT molecular complexity index is 1320. The Morgan fingerprint density at radius 3 is 2.74 bits per heavy atom. The Morgan fingerprint density at radius 2 is 2.06 bits per heavy atom. The van der Waals surface area contributed by atoms with Crippen molar-refractivity contribution in [2.75, 3.05) is 0 Å². The van der Waals surface area contributed by atoms with Crippen LogP contribution in [0.1, 0.15) is 26.6 Å². The molecule has 3 aromatic heterocycles. The van der Waals surface area contributed by atoms with Crippen LogP contribution in [0.2, 0.25) is 0 Å². The maximum Gasteiger partial charge on any atom is 0.263 e. The van der Waals surface area contributed by atoms with E-state index < -0.39 is 11.6 Å². The summed E-state index contributed by atoms with van der Waals surface area (Å²) in [6.45, 7) is 1.77. The van der Waals surface area contributed by atoms with E-state index in [0.29, 0.717) is 33.1 Å². The zero-order valence-corrected chi connectivity index (χ0v) is 17.0. The average molecular weight is 436 g/mol. The first-order valence-electron chi connectivity index (χ1n) is 9.05. The van der Waals surface area contributed by atoms with Crippen LogP contribution in [0, 0.1) is 29.9 Å². The molecule has 10 heteroatoms. The predicted molar refractivity (Wildman–Crippen MR) is 109 cm³/mol. The fourth-order valence-corrected chi connectivity index (χ4v) is 3.60. The van der Waals surface area contributed by atoms with Gasteiger partial charge in [-0.25, -0.2) is 23.4 Å². The third-order valence-electron chi connectivity index (χ3n) is 4.52. The summed E-state index contributed by atoms with van der Waals surface area (Å²) in [6.07, 6.45) is 2.96. The van der Waals surface area contributed by atoms with E-state index in [-0.39, 0.29) is 18.1 Å². The molecule has 0 saturated heterocycles. The van der Waals surface area contributed by atoms with Gasteiger partial charge in [0, 0.05) is 30.1 Å². The highest BCUT2D eigenvalue weighted by Gasteiger charge is 2.14. The molecule has 7 nitrogen and oxygen atoms in total. The van der Waals surface area contributed by atoms with E-state index in [1.807, 2.05) is 0 Å². The van der Waals surface area contributed by atoms with Gasteiger partial charge in [0.1, 0.15) is 16.8 Å². The standard InChI is InChI=1S/C21H14F2N6OS/c1-12-20(31-11-27-12)21(30)26-9-13-2-3-15(7-16(13)22)29-5-4-18(28-29)14-6-17(23)19(8-24)25-10-14/h2-7,10-11H,9H2,1H3,(H,26,30). The minimum absolute atomic E-state index is 0.0306. The van der Waals surface area contributed by atoms with Gasteiger partial charge in [-0.1, -0.05) is 6.07 Å². The largest absolute Gasteiger partial charge is 0.347 e. The van der Waals surface area contributed by atoms with Gasteiger partial charge in [0.2, 0.25) is 0 Å². The number of aromatic nitrogens is 4. The van der Waals surface area contributed by atoms with Gasteiger partial charge in [-0.2, -0.15) is 10.4 Å². The maximum atomic E-state index is 14.6. The lowest BCUT2D eigenvalue weighted by Crippen LogP contribution is -2.23. The number of rotatable bonds is 5. The molecule has 3 heterocycles. The molecule has 0 atom stereocenters. The predicted octanol–water partition coefficient (Wildman–Crippen LogP) is 3.78. The Kier molecular flexibility index (Phi) is 5.51. The van der Waals surface area contributed by atoms with E-state index in [2.05, 4.69) is 20.4 Å². The monoisotopic (exact) mass is 436 g/mol. The van der Waals surface area contributed by atoms with Crippen molar-refractivity contribution in [2.24, 2.45) is 0 Å². The van der Waals surface area contributed by atoms with Gasteiger partial charge in [-0.3, -0.25) is 4.79 Å². The summed E-state index contributed by atoms with van der Waals surface area (Å²) in [5, 5.41) is 15.8. The number of hydrogen-bond donors (Lipinski definition) is 1. The van der Waals surface area contributed by atoms with E-state index in [1.165, 1.54) is 34.3 Å². The topological polar surface area (TPSA) is 96.5 Å². The van der Waals surface area contributed by atoms with Gasteiger partial charge in [-0.15, -0.1) is 11.3 Å². The third-order valence-corrected chi connectivity index (χ3v) is 5.45. The zero-order valence-electron chi connectivity index (χ0n) is 16.1. The van der Waals surface area contributed by atoms with Crippen molar-refractivity contribution < 1.29 is 13.6 Å². The molecule has 1 N–H and O–H groups in total. The number of carbonyl (C=O) groups is 1. The quantitative estimate of drug-likeness (QED) is 0.514. The zero-order chi connectivity index (χ0) is 22.0. The second-order valence-electron chi connectivity index (χ2n) is 6.54. The van der Waals surface area contributed by atoms with Crippen molar-refractivity contribution in [3.8, 4) is 23.0 Å². The van der Waals surface area contributed by atoms with Crippen LogP contribution in [0.25, 0.3) is 16.9 Å². The molecular formula is C21H14F2N6OS. The SMILES string of the molecule is Cc1ncsc1C(=O)NCc1ccc(-n2ccc(-c3cnc(C#N)c(F)c3)n2)cc1F. The molecule has 31 heavy (non-hydrogen) atoms. The van der Waals surface area contributed by atoms with Gasteiger partial charge in [0.05, 0.1) is 22.6 Å². The number of nitrogens with zero attached hydrogens (tertiary/aromatic N) is 5. The maximum absolute atomic E-state index is 14.6. The highest BCUT2D eigenvalue weighted by Crippen LogP contribution is 2.21. The first-order chi connectivity index (χ1) is 15.0. The molecule has 1 aromatic carbocycles. The summed E-state index contributed by atoms with van der Waals surface area (Å²) in [6, 6.07) is 9.00. The second kappa shape index (κ2) is 8.41.